The van der Waals surface area contributed by atoms with Crippen LogP contribution in [0.1, 0.15) is 75.1 Å². The number of nitrogens with one attached hydrogen (secondary N) is 1. The molecule has 1 saturated carbocycles. The van der Waals surface area contributed by atoms with Crippen molar-refractivity contribution in [1.82, 2.24) is 0 Å². The number of anilines is 2. The maximum absolute atomic E-state index is 14.0. The fourth-order valence-electron chi connectivity index (χ4n) is 5.81. The number of fused-ring (bicyclic) bond motifs is 1. The zero-order valence-corrected chi connectivity index (χ0v) is 22.1. The maximum atomic E-state index is 14.0. The molecule has 6 rings (SSSR count). The van der Waals surface area contributed by atoms with Gasteiger partial charge in [-0.1, -0.05) is 69.3 Å². The molecule has 0 unspecified atom stereocenters. The van der Waals surface area contributed by atoms with E-state index in [1.54, 1.807) is 17.0 Å². The first-order chi connectivity index (χ1) is 18.2. The van der Waals surface area contributed by atoms with Gasteiger partial charge < -0.3 is 5.32 Å². The average Bonchev–Trinajstić information content (AvgIpc) is 3.75. The lowest BCUT2D eigenvalue weighted by Gasteiger charge is -2.35. The van der Waals surface area contributed by atoms with E-state index >= 15 is 0 Å². The number of nitrogens with zero attached hydrogens (tertiary/aromatic N) is 1. The molecule has 3 aromatic carbocycles. The minimum atomic E-state index is -0.605. The summed E-state index contributed by atoms with van der Waals surface area (Å²) in [5, 5.41) is 3.57. The highest BCUT2D eigenvalue weighted by atomic mass is 19.1. The van der Waals surface area contributed by atoms with E-state index in [-0.39, 0.29) is 34.8 Å². The average molecular weight is 509 g/mol. The van der Waals surface area contributed by atoms with Crippen LogP contribution in [0.25, 0.3) is 0 Å². The van der Waals surface area contributed by atoms with Crippen LogP contribution in [0.2, 0.25) is 0 Å². The lowest BCUT2D eigenvalue weighted by Crippen LogP contribution is -2.39. The lowest BCUT2D eigenvalue weighted by molar-refractivity contribution is -0.120. The van der Waals surface area contributed by atoms with Gasteiger partial charge in [0.15, 0.2) is 5.78 Å². The highest BCUT2D eigenvalue weighted by molar-refractivity contribution is 6.07. The van der Waals surface area contributed by atoms with Crippen molar-refractivity contribution in [2.24, 2.45) is 5.92 Å². The third-order valence-electron chi connectivity index (χ3n) is 8.09. The third kappa shape index (κ3) is 4.44. The number of amides is 1. The summed E-state index contributed by atoms with van der Waals surface area (Å²) in [6.45, 7) is 6.58. The van der Waals surface area contributed by atoms with Crippen molar-refractivity contribution in [1.29, 1.82) is 0 Å². The van der Waals surface area contributed by atoms with Gasteiger partial charge >= 0.3 is 0 Å². The minimum absolute atomic E-state index is 0.0232. The topological polar surface area (TPSA) is 49.4 Å². The Kier molecular flexibility index (Phi) is 5.97. The van der Waals surface area contributed by atoms with E-state index in [2.05, 4.69) is 50.4 Å². The van der Waals surface area contributed by atoms with E-state index in [4.69, 9.17) is 0 Å². The number of para-hydroxylation sites is 2. The number of hydrogen-bond donors (Lipinski definition) is 1. The molecule has 1 fully saturated rings. The summed E-state index contributed by atoms with van der Waals surface area (Å²) < 4.78 is 13.9. The molecule has 38 heavy (non-hydrogen) atoms. The Labute approximate surface area is 223 Å². The number of halogens is 1. The maximum Gasteiger partial charge on any atom is 0.231 e. The molecule has 2 atom stereocenters. The van der Waals surface area contributed by atoms with Gasteiger partial charge in [0.1, 0.15) is 5.82 Å². The van der Waals surface area contributed by atoms with Crippen LogP contribution in [0.5, 0.6) is 0 Å². The largest absolute Gasteiger partial charge is 0.357 e. The zero-order chi connectivity index (χ0) is 26.6. The number of allylic oxidation sites excluding steroid dienone is 1. The van der Waals surface area contributed by atoms with Crippen LogP contribution in [-0.4, -0.2) is 11.7 Å². The van der Waals surface area contributed by atoms with Gasteiger partial charge in [-0.15, -0.1) is 0 Å². The Morgan fingerprint density at radius 2 is 1.55 bits per heavy atom. The monoisotopic (exact) mass is 508 g/mol. The number of carbonyl (C=O) groups is 2. The molecule has 5 heteroatoms. The second-order valence-electron chi connectivity index (χ2n) is 11.9. The fraction of sp³-hybridized carbons (Fsp3) is 0.333. The minimum Gasteiger partial charge on any atom is -0.357 e. The molecule has 1 heterocycles. The molecular weight excluding hydrogens is 475 g/mol. The van der Waals surface area contributed by atoms with Crippen LogP contribution in [-0.2, 0) is 15.0 Å². The third-order valence-corrected chi connectivity index (χ3v) is 8.09. The summed E-state index contributed by atoms with van der Waals surface area (Å²) in [5.41, 5.74) is 6.23. The van der Waals surface area contributed by atoms with Crippen molar-refractivity contribution in [2.45, 2.75) is 63.8 Å². The van der Waals surface area contributed by atoms with Gasteiger partial charge in [0.25, 0.3) is 0 Å². The van der Waals surface area contributed by atoms with E-state index in [0.29, 0.717) is 18.4 Å². The molecule has 4 nitrogen and oxygen atoms in total. The Morgan fingerprint density at radius 1 is 0.895 bits per heavy atom. The first-order valence-corrected chi connectivity index (χ1v) is 13.5. The highest BCUT2D eigenvalue weighted by Gasteiger charge is 2.45. The van der Waals surface area contributed by atoms with Crippen molar-refractivity contribution < 1.29 is 14.0 Å². The SMILES string of the molecule is CC(C)(C)c1ccc([C@@H]2CC(=O)C3=C(C2)Nc2ccccc2N(C(=O)C2CC2)[C@@H]3c2ccc(F)cc2)cc1. The molecule has 1 amide bonds. The Bertz CT molecular complexity index is 1430. The quantitative estimate of drug-likeness (QED) is 0.400. The first kappa shape index (κ1) is 24.6. The molecule has 3 aromatic rings. The van der Waals surface area contributed by atoms with Crippen LogP contribution < -0.4 is 10.2 Å². The van der Waals surface area contributed by atoms with Crippen molar-refractivity contribution in [3.8, 4) is 0 Å². The predicted molar refractivity (Wildman–Crippen MR) is 149 cm³/mol. The summed E-state index contributed by atoms with van der Waals surface area (Å²) in [7, 11) is 0. The standard InChI is InChI=1S/C33H33FN2O2/c1-33(2,3)24-14-10-20(11-15-24)23-18-27-30(29(37)19-23)31(21-12-16-25(34)17-13-21)36(32(38)22-8-9-22)28-7-5-4-6-26(28)35-27/h4-7,10-17,22-23,31,35H,8-9,18-19H2,1-3H3/t23-,31+/m0/s1. The number of rotatable bonds is 3. The molecule has 0 saturated heterocycles. The number of carbonyl (C=O) groups excluding carboxylic acids is 2. The van der Waals surface area contributed by atoms with Crippen molar-refractivity contribution >= 4 is 23.1 Å². The molecule has 194 valence electrons. The van der Waals surface area contributed by atoms with E-state index in [1.165, 1.54) is 17.7 Å². The van der Waals surface area contributed by atoms with Gasteiger partial charge in [0.05, 0.1) is 17.4 Å². The molecule has 0 radical (unpaired) electrons. The molecule has 1 N–H and O–H groups in total. The van der Waals surface area contributed by atoms with Crippen LogP contribution in [0, 0.1) is 11.7 Å². The highest BCUT2D eigenvalue weighted by Crippen LogP contribution is 2.49. The smallest absolute Gasteiger partial charge is 0.231 e. The normalized spacial score (nSPS) is 21.4. The van der Waals surface area contributed by atoms with E-state index in [9.17, 15) is 14.0 Å². The Morgan fingerprint density at radius 3 is 2.21 bits per heavy atom. The number of benzene rings is 3. The van der Waals surface area contributed by atoms with E-state index in [1.807, 2.05) is 24.3 Å². The van der Waals surface area contributed by atoms with Crippen molar-refractivity contribution in [2.75, 3.05) is 10.2 Å². The number of ketones is 1. The van der Waals surface area contributed by atoms with Crippen LogP contribution in [0.15, 0.2) is 84.1 Å². The lowest BCUT2D eigenvalue weighted by atomic mass is 9.77. The van der Waals surface area contributed by atoms with Gasteiger partial charge in [0, 0.05) is 23.6 Å². The van der Waals surface area contributed by atoms with Gasteiger partial charge in [-0.2, -0.15) is 0 Å². The van der Waals surface area contributed by atoms with Gasteiger partial charge in [-0.3, -0.25) is 14.5 Å². The molecular formula is C33H33FN2O2. The summed E-state index contributed by atoms with van der Waals surface area (Å²) in [6.07, 6.45) is 2.74. The van der Waals surface area contributed by atoms with Gasteiger partial charge in [0.2, 0.25) is 5.91 Å². The summed E-state index contributed by atoms with van der Waals surface area (Å²) in [5.74, 6) is -0.297. The first-order valence-electron chi connectivity index (χ1n) is 13.5. The molecule has 0 aromatic heterocycles. The molecule has 2 aliphatic carbocycles. The molecule has 0 spiro atoms. The second kappa shape index (κ2) is 9.23. The predicted octanol–water partition coefficient (Wildman–Crippen LogP) is 7.43. The summed E-state index contributed by atoms with van der Waals surface area (Å²) in [6, 6.07) is 22.0. The van der Waals surface area contributed by atoms with Crippen molar-refractivity contribution in [3.63, 3.8) is 0 Å². The fourth-order valence-corrected chi connectivity index (χ4v) is 5.81. The molecule has 0 bridgehead atoms. The van der Waals surface area contributed by atoms with Crippen LogP contribution in [0.4, 0.5) is 15.8 Å². The summed E-state index contributed by atoms with van der Waals surface area (Å²) in [4.78, 5) is 29.6. The van der Waals surface area contributed by atoms with E-state index in [0.717, 1.165) is 41.0 Å². The molecule has 3 aliphatic rings. The van der Waals surface area contributed by atoms with Crippen molar-refractivity contribution in [3.05, 3.63) is 107 Å². The molecule has 1 aliphatic heterocycles. The Hall–Kier alpha value is -3.73. The van der Waals surface area contributed by atoms with Gasteiger partial charge in [-0.05, 0) is 71.6 Å². The second-order valence-corrected chi connectivity index (χ2v) is 11.9. The number of Topliss-reactive ketones (excluding diaryl/α,β-unsaturated/α-hetero) is 1. The van der Waals surface area contributed by atoms with Crippen LogP contribution >= 0.6 is 0 Å². The van der Waals surface area contributed by atoms with E-state index < -0.39 is 6.04 Å². The summed E-state index contributed by atoms with van der Waals surface area (Å²) >= 11 is 0. The van der Waals surface area contributed by atoms with Gasteiger partial charge in [-0.25, -0.2) is 4.39 Å². The number of hydrogen-bond acceptors (Lipinski definition) is 3. The van der Waals surface area contributed by atoms with Crippen LogP contribution in [0.3, 0.4) is 0 Å². The Balaban J connectivity index is 1.47. The zero-order valence-electron chi connectivity index (χ0n) is 22.1.